The molecule has 0 atom stereocenters. The zero-order valence-corrected chi connectivity index (χ0v) is 11.9. The van der Waals surface area contributed by atoms with Gasteiger partial charge in [-0.05, 0) is 31.3 Å². The maximum absolute atomic E-state index is 12.3. The van der Waals surface area contributed by atoms with Crippen molar-refractivity contribution in [3.05, 3.63) is 60.2 Å². The molecule has 0 spiro atoms. The number of nitrogens with one attached hydrogen (secondary N) is 1. The molecule has 3 heteroatoms. The molecule has 3 nitrogen and oxygen atoms in total. The number of carbonyl (C=O) groups is 1. The Morgan fingerprint density at radius 3 is 2.60 bits per heavy atom. The number of nitrogens with zero attached hydrogens (tertiary/aromatic N) is 1. The predicted octanol–water partition coefficient (Wildman–Crippen LogP) is 2.45. The third-order valence-corrected chi connectivity index (χ3v) is 3.01. The highest BCUT2D eigenvalue weighted by Crippen LogP contribution is 2.22. The Kier molecular flexibility index (Phi) is 4.91. The second-order valence-corrected chi connectivity index (χ2v) is 4.88. The van der Waals surface area contributed by atoms with Gasteiger partial charge in [0, 0.05) is 13.1 Å². The summed E-state index contributed by atoms with van der Waals surface area (Å²) in [5.41, 5.74) is 2.54. The number of rotatable bonds is 5. The second kappa shape index (κ2) is 6.87. The zero-order chi connectivity index (χ0) is 14.4. The van der Waals surface area contributed by atoms with Gasteiger partial charge in [-0.25, -0.2) is 0 Å². The van der Waals surface area contributed by atoms with Gasteiger partial charge in [0.15, 0.2) is 0 Å². The molecule has 2 aromatic rings. The van der Waals surface area contributed by atoms with Gasteiger partial charge in [0.25, 0.3) is 5.91 Å². The average Bonchev–Trinajstić information content (AvgIpc) is 2.47. The maximum Gasteiger partial charge on any atom is 0.252 e. The van der Waals surface area contributed by atoms with Gasteiger partial charge in [-0.3, -0.25) is 4.79 Å². The van der Waals surface area contributed by atoms with Crippen LogP contribution >= 0.6 is 0 Å². The van der Waals surface area contributed by atoms with Crippen LogP contribution in [0.25, 0.3) is 11.1 Å². The second-order valence-electron chi connectivity index (χ2n) is 4.88. The van der Waals surface area contributed by atoms with Crippen molar-refractivity contribution in [3.8, 4) is 11.1 Å². The normalized spacial score (nSPS) is 10.6. The van der Waals surface area contributed by atoms with Crippen LogP contribution in [0.4, 0.5) is 0 Å². The zero-order valence-electron chi connectivity index (χ0n) is 11.9. The molecule has 0 aromatic heterocycles. The van der Waals surface area contributed by atoms with Crippen molar-refractivity contribution >= 4 is 5.91 Å². The van der Waals surface area contributed by atoms with E-state index in [1.807, 2.05) is 61.5 Å². The third-order valence-electron chi connectivity index (χ3n) is 3.01. The van der Waals surface area contributed by atoms with Crippen molar-refractivity contribution in [2.75, 3.05) is 27.2 Å². The van der Waals surface area contributed by atoms with Crippen molar-refractivity contribution in [1.29, 1.82) is 0 Å². The van der Waals surface area contributed by atoms with Crippen molar-refractivity contribution < 1.29 is 4.79 Å². The van der Waals surface area contributed by atoms with E-state index in [4.69, 9.17) is 0 Å². The van der Waals surface area contributed by atoms with E-state index in [0.717, 1.165) is 17.7 Å². The Bertz CT molecular complexity index is 564. The first-order chi connectivity index (χ1) is 9.68. The first-order valence-electron chi connectivity index (χ1n) is 6.67. The van der Waals surface area contributed by atoms with Crippen LogP contribution in [0.15, 0.2) is 48.5 Å². The quantitative estimate of drug-likeness (QED) is 0.902. The molecule has 0 bridgehead atoms. The van der Waals surface area contributed by atoms with Crippen molar-refractivity contribution in [2.45, 2.75) is 0 Å². The molecule has 0 aliphatic carbocycles. The van der Waals surface area contributed by atoms with Crippen LogP contribution in [-0.4, -0.2) is 38.0 Å². The van der Waals surface area contributed by atoms with Crippen LogP contribution in [0, 0.1) is 6.07 Å². The summed E-state index contributed by atoms with van der Waals surface area (Å²) in [6.07, 6.45) is 0. The first-order valence-corrected chi connectivity index (χ1v) is 6.67. The van der Waals surface area contributed by atoms with Gasteiger partial charge in [-0.15, -0.1) is 0 Å². The van der Waals surface area contributed by atoms with E-state index in [9.17, 15) is 4.79 Å². The van der Waals surface area contributed by atoms with E-state index in [-0.39, 0.29) is 5.91 Å². The van der Waals surface area contributed by atoms with Gasteiger partial charge in [0.2, 0.25) is 0 Å². The molecule has 0 saturated heterocycles. The Labute approximate surface area is 120 Å². The van der Waals surface area contributed by atoms with Gasteiger partial charge >= 0.3 is 0 Å². The van der Waals surface area contributed by atoms with Gasteiger partial charge in [0.1, 0.15) is 0 Å². The lowest BCUT2D eigenvalue weighted by molar-refractivity contribution is 0.0951. The van der Waals surface area contributed by atoms with E-state index in [1.54, 1.807) is 6.07 Å². The van der Waals surface area contributed by atoms with Crippen LogP contribution in [0.1, 0.15) is 10.4 Å². The fraction of sp³-hybridized carbons (Fsp3) is 0.235. The van der Waals surface area contributed by atoms with E-state index < -0.39 is 0 Å². The molecule has 0 aliphatic rings. The van der Waals surface area contributed by atoms with E-state index in [0.29, 0.717) is 12.1 Å². The van der Waals surface area contributed by atoms with Crippen LogP contribution in [0.5, 0.6) is 0 Å². The minimum Gasteiger partial charge on any atom is -0.351 e. The fourth-order valence-corrected chi connectivity index (χ4v) is 1.96. The summed E-state index contributed by atoms with van der Waals surface area (Å²) < 4.78 is 0. The molecule has 2 rings (SSSR count). The highest BCUT2D eigenvalue weighted by molar-refractivity contribution is 6.00. The van der Waals surface area contributed by atoms with Crippen LogP contribution in [-0.2, 0) is 0 Å². The van der Waals surface area contributed by atoms with Gasteiger partial charge in [0.05, 0.1) is 5.56 Å². The van der Waals surface area contributed by atoms with Crippen molar-refractivity contribution in [3.63, 3.8) is 0 Å². The van der Waals surface area contributed by atoms with Crippen LogP contribution in [0.2, 0.25) is 0 Å². The number of hydrogen-bond acceptors (Lipinski definition) is 2. The Balaban J connectivity index is 2.18. The first kappa shape index (κ1) is 14.3. The van der Waals surface area contributed by atoms with Gasteiger partial charge < -0.3 is 10.2 Å². The molecule has 0 saturated carbocycles. The van der Waals surface area contributed by atoms with Gasteiger partial charge in [-0.2, -0.15) is 0 Å². The summed E-state index contributed by atoms with van der Waals surface area (Å²) in [5, 5.41) is 2.93. The standard InChI is InChI=1S/C17H19N2O/c1-19(2)13-12-18-17(20)16-11-7-6-10-15(16)14-8-4-3-5-9-14/h3-10H,12-13H2,1-2H3,(H,18,20). The number of carbonyl (C=O) groups excluding carboxylic acids is 1. The predicted molar refractivity (Wildman–Crippen MR) is 81.6 cm³/mol. The molecule has 0 unspecified atom stereocenters. The smallest absolute Gasteiger partial charge is 0.252 e. The van der Waals surface area contributed by atoms with E-state index >= 15 is 0 Å². The molecular weight excluding hydrogens is 248 g/mol. The van der Waals surface area contributed by atoms with Crippen LogP contribution in [0.3, 0.4) is 0 Å². The van der Waals surface area contributed by atoms with Crippen molar-refractivity contribution in [1.82, 2.24) is 10.2 Å². The third kappa shape index (κ3) is 3.68. The lowest BCUT2D eigenvalue weighted by Crippen LogP contribution is -2.31. The summed E-state index contributed by atoms with van der Waals surface area (Å²) in [6.45, 7) is 1.45. The molecule has 0 aliphatic heterocycles. The molecule has 1 radical (unpaired) electrons. The Hall–Kier alpha value is -2.13. The molecular formula is C17H19N2O. The number of likely N-dealkylation sites (N-methyl/N-ethyl adjacent to an activating group) is 1. The number of benzene rings is 2. The van der Waals surface area contributed by atoms with Gasteiger partial charge in [-0.1, -0.05) is 48.5 Å². The van der Waals surface area contributed by atoms with Crippen molar-refractivity contribution in [2.24, 2.45) is 0 Å². The molecule has 103 valence electrons. The minimum absolute atomic E-state index is 0.0775. The summed E-state index contributed by atoms with van der Waals surface area (Å²) in [5.74, 6) is -0.0775. The maximum atomic E-state index is 12.3. The minimum atomic E-state index is -0.0775. The summed E-state index contributed by atoms with van der Waals surface area (Å²) in [4.78, 5) is 14.3. The molecule has 2 aromatic carbocycles. The topological polar surface area (TPSA) is 32.3 Å². The SMILES string of the molecule is CN(C)CCNC(=O)c1[c]cccc1-c1ccccc1. The largest absolute Gasteiger partial charge is 0.351 e. The average molecular weight is 267 g/mol. The number of amides is 1. The molecule has 20 heavy (non-hydrogen) atoms. The highest BCUT2D eigenvalue weighted by Gasteiger charge is 2.11. The molecule has 1 amide bonds. The Morgan fingerprint density at radius 1 is 1.15 bits per heavy atom. The Morgan fingerprint density at radius 2 is 1.90 bits per heavy atom. The molecule has 0 fully saturated rings. The summed E-state index contributed by atoms with van der Waals surface area (Å²) in [7, 11) is 3.96. The van der Waals surface area contributed by atoms with E-state index in [2.05, 4.69) is 11.4 Å². The summed E-state index contributed by atoms with van der Waals surface area (Å²) in [6, 6.07) is 18.6. The lowest BCUT2D eigenvalue weighted by Gasteiger charge is -2.12. The monoisotopic (exact) mass is 267 g/mol. The fourth-order valence-electron chi connectivity index (χ4n) is 1.96. The van der Waals surface area contributed by atoms with Crippen LogP contribution < -0.4 is 5.32 Å². The lowest BCUT2D eigenvalue weighted by atomic mass is 9.99. The highest BCUT2D eigenvalue weighted by atomic mass is 16.1. The van der Waals surface area contributed by atoms with E-state index in [1.165, 1.54) is 0 Å². The molecule has 1 N–H and O–H groups in total. The molecule has 0 heterocycles. The number of hydrogen-bond donors (Lipinski definition) is 1. The summed E-state index contributed by atoms with van der Waals surface area (Å²) >= 11 is 0.